The van der Waals surface area contributed by atoms with Crippen LogP contribution in [0.1, 0.15) is 23.0 Å². The molecule has 0 fully saturated rings. The van der Waals surface area contributed by atoms with Gasteiger partial charge < -0.3 is 15.0 Å². The summed E-state index contributed by atoms with van der Waals surface area (Å²) in [6.07, 6.45) is 1.67. The van der Waals surface area contributed by atoms with Crippen LogP contribution in [-0.4, -0.2) is 37.7 Å². The van der Waals surface area contributed by atoms with Crippen LogP contribution in [-0.2, 0) is 4.74 Å². The number of aromatic nitrogens is 1. The zero-order valence-corrected chi connectivity index (χ0v) is 13.9. The van der Waals surface area contributed by atoms with Crippen molar-refractivity contribution in [3.63, 3.8) is 0 Å². The monoisotopic (exact) mass is 313 g/mol. The molecule has 2 rings (SSSR count). The van der Waals surface area contributed by atoms with Gasteiger partial charge in [0, 0.05) is 25.9 Å². The van der Waals surface area contributed by atoms with Gasteiger partial charge in [0.25, 0.3) is 5.91 Å². The predicted molar refractivity (Wildman–Crippen MR) is 93.1 cm³/mol. The number of carbonyl (C=O) groups excluding carboxylic acids is 1. The van der Waals surface area contributed by atoms with E-state index < -0.39 is 0 Å². The normalized spacial score (nSPS) is 10.4. The van der Waals surface area contributed by atoms with Gasteiger partial charge in [-0.05, 0) is 43.7 Å². The van der Waals surface area contributed by atoms with Gasteiger partial charge in [0.1, 0.15) is 5.69 Å². The lowest BCUT2D eigenvalue weighted by Gasteiger charge is -2.21. The third-order valence-corrected chi connectivity index (χ3v) is 3.49. The fourth-order valence-corrected chi connectivity index (χ4v) is 2.30. The first-order valence-electron chi connectivity index (χ1n) is 7.73. The van der Waals surface area contributed by atoms with Gasteiger partial charge in [-0.25, -0.2) is 4.98 Å². The van der Waals surface area contributed by atoms with Gasteiger partial charge in [-0.15, -0.1) is 0 Å². The van der Waals surface area contributed by atoms with Crippen LogP contribution in [0.15, 0.2) is 42.6 Å². The molecule has 1 aromatic carbocycles. The summed E-state index contributed by atoms with van der Waals surface area (Å²) >= 11 is 0. The van der Waals surface area contributed by atoms with Crippen LogP contribution < -0.4 is 10.2 Å². The molecular formula is C18H23N3O2. The Balaban J connectivity index is 2.11. The van der Waals surface area contributed by atoms with Crippen LogP contribution in [0.4, 0.5) is 11.4 Å². The smallest absolute Gasteiger partial charge is 0.276 e. The third kappa shape index (κ3) is 4.53. The Morgan fingerprint density at radius 2 is 2.13 bits per heavy atom. The highest BCUT2D eigenvalue weighted by molar-refractivity contribution is 6.04. The average molecular weight is 313 g/mol. The highest BCUT2D eigenvalue weighted by Gasteiger charge is 2.17. The summed E-state index contributed by atoms with van der Waals surface area (Å²) < 4.78 is 4.99. The maximum Gasteiger partial charge on any atom is 0.276 e. The minimum absolute atomic E-state index is 0.0958. The van der Waals surface area contributed by atoms with E-state index in [0.717, 1.165) is 16.9 Å². The van der Waals surface area contributed by atoms with Crippen molar-refractivity contribution >= 4 is 17.3 Å². The van der Waals surface area contributed by atoms with Gasteiger partial charge in [0.15, 0.2) is 0 Å². The first-order chi connectivity index (χ1) is 11.2. The van der Waals surface area contributed by atoms with Gasteiger partial charge in [0.2, 0.25) is 0 Å². The number of carbonyl (C=O) groups is 1. The van der Waals surface area contributed by atoms with Gasteiger partial charge in [-0.1, -0.05) is 12.1 Å². The number of pyridine rings is 1. The molecule has 122 valence electrons. The van der Waals surface area contributed by atoms with E-state index >= 15 is 0 Å². The van der Waals surface area contributed by atoms with Crippen molar-refractivity contribution in [3.05, 3.63) is 53.9 Å². The molecule has 5 nitrogen and oxygen atoms in total. The molecule has 1 heterocycles. The van der Waals surface area contributed by atoms with Crippen LogP contribution >= 0.6 is 0 Å². The second kappa shape index (κ2) is 8.29. The van der Waals surface area contributed by atoms with Crippen molar-refractivity contribution in [3.8, 4) is 0 Å². The lowest BCUT2D eigenvalue weighted by atomic mass is 10.2. The number of methoxy groups -OCH3 is 1. The topological polar surface area (TPSA) is 54.5 Å². The van der Waals surface area contributed by atoms with E-state index in [1.807, 2.05) is 44.2 Å². The van der Waals surface area contributed by atoms with Crippen molar-refractivity contribution < 1.29 is 9.53 Å². The van der Waals surface area contributed by atoms with Gasteiger partial charge >= 0.3 is 0 Å². The Morgan fingerprint density at radius 3 is 2.74 bits per heavy atom. The molecule has 5 heteroatoms. The van der Waals surface area contributed by atoms with Crippen molar-refractivity contribution in [1.82, 2.24) is 4.98 Å². The Kier molecular flexibility index (Phi) is 6.11. The van der Waals surface area contributed by atoms with E-state index in [1.165, 1.54) is 0 Å². The molecule has 0 bridgehead atoms. The van der Waals surface area contributed by atoms with Gasteiger partial charge in [-0.2, -0.15) is 0 Å². The molecule has 23 heavy (non-hydrogen) atoms. The highest BCUT2D eigenvalue weighted by Crippen LogP contribution is 2.18. The van der Waals surface area contributed by atoms with Crippen LogP contribution in [0, 0.1) is 6.92 Å². The molecule has 0 aliphatic carbocycles. The van der Waals surface area contributed by atoms with E-state index in [9.17, 15) is 4.79 Å². The van der Waals surface area contributed by atoms with E-state index in [0.29, 0.717) is 25.4 Å². The molecule has 0 unspecified atom stereocenters. The number of aryl methyl sites for hydroxylation is 1. The number of nitrogens with zero attached hydrogens (tertiary/aromatic N) is 2. The van der Waals surface area contributed by atoms with Crippen LogP contribution in [0.3, 0.4) is 0 Å². The van der Waals surface area contributed by atoms with E-state index in [2.05, 4.69) is 10.3 Å². The largest absolute Gasteiger partial charge is 0.383 e. The lowest BCUT2D eigenvalue weighted by molar-refractivity contribution is 0.0983. The first-order valence-corrected chi connectivity index (χ1v) is 7.73. The average Bonchev–Trinajstić information content (AvgIpc) is 2.56. The summed E-state index contributed by atoms with van der Waals surface area (Å²) in [5.41, 5.74) is 3.32. The van der Waals surface area contributed by atoms with Crippen LogP contribution in [0.2, 0.25) is 0 Å². The van der Waals surface area contributed by atoms with Crippen molar-refractivity contribution in [2.24, 2.45) is 0 Å². The molecule has 2 aromatic rings. The summed E-state index contributed by atoms with van der Waals surface area (Å²) in [5, 5.41) is 3.18. The Morgan fingerprint density at radius 1 is 1.30 bits per heavy atom. The minimum atomic E-state index is -0.0958. The fourth-order valence-electron chi connectivity index (χ4n) is 2.30. The molecule has 0 saturated carbocycles. The predicted octanol–water partition coefficient (Wildman–Crippen LogP) is 3.12. The molecule has 0 aliphatic heterocycles. The van der Waals surface area contributed by atoms with Gasteiger partial charge in [0.05, 0.1) is 18.5 Å². The Labute approximate surface area is 137 Å². The molecule has 0 spiro atoms. The number of ether oxygens (including phenoxy) is 1. The second-order valence-corrected chi connectivity index (χ2v) is 5.24. The van der Waals surface area contributed by atoms with E-state index in [1.54, 1.807) is 24.3 Å². The van der Waals surface area contributed by atoms with Crippen molar-refractivity contribution in [2.75, 3.05) is 37.0 Å². The zero-order valence-electron chi connectivity index (χ0n) is 13.9. The number of hydrogen-bond donors (Lipinski definition) is 1. The summed E-state index contributed by atoms with van der Waals surface area (Å²) in [7, 11) is 1.66. The summed E-state index contributed by atoms with van der Waals surface area (Å²) in [5.74, 6) is -0.0958. The van der Waals surface area contributed by atoms with Gasteiger partial charge in [-0.3, -0.25) is 4.79 Å². The van der Waals surface area contributed by atoms with Crippen LogP contribution in [0.5, 0.6) is 0 Å². The number of anilines is 2. The SMILES string of the molecule is CCN(C(=O)c1ccc(NCCOC)cn1)c1cccc(C)c1. The molecule has 1 amide bonds. The molecule has 1 aromatic heterocycles. The second-order valence-electron chi connectivity index (χ2n) is 5.24. The summed E-state index contributed by atoms with van der Waals surface area (Å²) in [6, 6.07) is 11.5. The molecule has 0 aliphatic rings. The number of hydrogen-bond acceptors (Lipinski definition) is 4. The summed E-state index contributed by atoms with van der Waals surface area (Å²) in [4.78, 5) is 18.7. The molecular weight excluding hydrogens is 290 g/mol. The maximum atomic E-state index is 12.7. The quantitative estimate of drug-likeness (QED) is 0.798. The molecule has 0 radical (unpaired) electrons. The standard InChI is InChI=1S/C18H23N3O2/c1-4-21(16-7-5-6-14(2)12-16)18(22)17-9-8-15(13-20-17)19-10-11-23-3/h5-9,12-13,19H,4,10-11H2,1-3H3. The maximum absolute atomic E-state index is 12.7. The fraction of sp³-hybridized carbons (Fsp3) is 0.333. The van der Waals surface area contributed by atoms with E-state index in [4.69, 9.17) is 4.74 Å². The first kappa shape index (κ1) is 17.0. The zero-order chi connectivity index (χ0) is 16.7. The summed E-state index contributed by atoms with van der Waals surface area (Å²) in [6.45, 7) is 5.90. The number of benzene rings is 1. The lowest BCUT2D eigenvalue weighted by Crippen LogP contribution is -2.31. The Hall–Kier alpha value is -2.40. The number of nitrogens with one attached hydrogen (secondary N) is 1. The van der Waals surface area contributed by atoms with Crippen molar-refractivity contribution in [2.45, 2.75) is 13.8 Å². The minimum Gasteiger partial charge on any atom is -0.383 e. The van der Waals surface area contributed by atoms with E-state index in [-0.39, 0.29) is 5.91 Å². The van der Waals surface area contributed by atoms with Crippen molar-refractivity contribution in [1.29, 1.82) is 0 Å². The third-order valence-electron chi connectivity index (χ3n) is 3.49. The highest BCUT2D eigenvalue weighted by atomic mass is 16.5. The molecule has 0 saturated heterocycles. The number of amides is 1. The Bertz CT molecular complexity index is 641. The molecule has 0 atom stereocenters. The number of rotatable bonds is 7. The van der Waals surface area contributed by atoms with Crippen LogP contribution in [0.25, 0.3) is 0 Å². The molecule has 1 N–H and O–H groups in total.